The van der Waals surface area contributed by atoms with Crippen LogP contribution in [0.3, 0.4) is 0 Å². The van der Waals surface area contributed by atoms with Gasteiger partial charge in [-0.05, 0) is 49.9 Å². The van der Waals surface area contributed by atoms with Gasteiger partial charge in [-0.3, -0.25) is 4.90 Å². The van der Waals surface area contributed by atoms with Gasteiger partial charge in [0, 0.05) is 13.2 Å². The number of hydrogen-bond acceptors (Lipinski definition) is 2. The third-order valence-electron chi connectivity index (χ3n) is 3.50. The Morgan fingerprint density at radius 1 is 0.941 bits per heavy atom. The van der Waals surface area contributed by atoms with Gasteiger partial charge < -0.3 is 5.11 Å². The Morgan fingerprint density at radius 3 is 2.24 bits per heavy atom. The van der Waals surface area contributed by atoms with E-state index in [0.29, 0.717) is 0 Å². The SMILES string of the molecule is OCCCc1ccc(CN2CCCCC2)cc1. The number of likely N-dealkylation sites (tertiary alicyclic amines) is 1. The van der Waals surface area contributed by atoms with E-state index in [1.165, 1.54) is 43.5 Å². The Kier molecular flexibility index (Phi) is 5.02. The van der Waals surface area contributed by atoms with Crippen molar-refractivity contribution in [3.63, 3.8) is 0 Å². The second-order valence-corrected chi connectivity index (χ2v) is 4.98. The quantitative estimate of drug-likeness (QED) is 0.845. The monoisotopic (exact) mass is 233 g/mol. The first-order valence-corrected chi connectivity index (χ1v) is 6.79. The maximum absolute atomic E-state index is 8.79. The number of aliphatic hydroxyl groups is 1. The van der Waals surface area contributed by atoms with Crippen LogP contribution >= 0.6 is 0 Å². The van der Waals surface area contributed by atoms with Crippen molar-refractivity contribution >= 4 is 0 Å². The van der Waals surface area contributed by atoms with E-state index in [4.69, 9.17) is 5.11 Å². The van der Waals surface area contributed by atoms with Gasteiger partial charge in [-0.15, -0.1) is 0 Å². The summed E-state index contributed by atoms with van der Waals surface area (Å²) < 4.78 is 0. The lowest BCUT2D eigenvalue weighted by Crippen LogP contribution is -2.29. The zero-order valence-corrected chi connectivity index (χ0v) is 10.6. The Bertz CT molecular complexity index is 314. The van der Waals surface area contributed by atoms with Crippen LogP contribution in [0.15, 0.2) is 24.3 Å². The Balaban J connectivity index is 1.84. The third kappa shape index (κ3) is 4.14. The lowest BCUT2D eigenvalue weighted by molar-refractivity contribution is 0.221. The van der Waals surface area contributed by atoms with Gasteiger partial charge in [0.1, 0.15) is 0 Å². The lowest BCUT2D eigenvalue weighted by Gasteiger charge is -2.26. The number of aliphatic hydroxyl groups excluding tert-OH is 1. The molecule has 0 aromatic heterocycles. The van der Waals surface area contributed by atoms with Crippen molar-refractivity contribution < 1.29 is 5.11 Å². The minimum atomic E-state index is 0.287. The summed E-state index contributed by atoms with van der Waals surface area (Å²) in [5, 5.41) is 8.79. The van der Waals surface area contributed by atoms with Crippen LogP contribution in [-0.2, 0) is 13.0 Å². The highest BCUT2D eigenvalue weighted by atomic mass is 16.2. The van der Waals surface area contributed by atoms with Crippen molar-refractivity contribution in [2.45, 2.75) is 38.6 Å². The Hall–Kier alpha value is -0.860. The van der Waals surface area contributed by atoms with Gasteiger partial charge in [-0.2, -0.15) is 0 Å². The molecule has 2 rings (SSSR count). The first kappa shape index (κ1) is 12.6. The summed E-state index contributed by atoms with van der Waals surface area (Å²) >= 11 is 0. The molecular formula is C15H23NO. The summed E-state index contributed by atoms with van der Waals surface area (Å²) in [7, 11) is 0. The molecule has 0 amide bonds. The second-order valence-electron chi connectivity index (χ2n) is 4.98. The number of piperidine rings is 1. The first-order valence-electron chi connectivity index (χ1n) is 6.79. The van der Waals surface area contributed by atoms with Gasteiger partial charge in [0.25, 0.3) is 0 Å². The molecule has 17 heavy (non-hydrogen) atoms. The molecule has 0 unspecified atom stereocenters. The zero-order chi connectivity index (χ0) is 11.9. The molecule has 2 nitrogen and oxygen atoms in total. The minimum absolute atomic E-state index is 0.287. The largest absolute Gasteiger partial charge is 0.396 e. The van der Waals surface area contributed by atoms with E-state index in [2.05, 4.69) is 29.2 Å². The van der Waals surface area contributed by atoms with Gasteiger partial charge in [0.15, 0.2) is 0 Å². The second kappa shape index (κ2) is 6.77. The third-order valence-corrected chi connectivity index (χ3v) is 3.50. The van der Waals surface area contributed by atoms with Crippen LogP contribution in [0.2, 0.25) is 0 Å². The van der Waals surface area contributed by atoms with E-state index in [0.717, 1.165) is 19.4 Å². The molecule has 1 N–H and O–H groups in total. The Labute approximate surface area is 104 Å². The normalized spacial score (nSPS) is 17.2. The molecule has 2 heteroatoms. The number of benzene rings is 1. The molecule has 1 aromatic carbocycles. The van der Waals surface area contributed by atoms with Crippen LogP contribution in [0, 0.1) is 0 Å². The Morgan fingerprint density at radius 2 is 1.59 bits per heavy atom. The van der Waals surface area contributed by atoms with Crippen LogP contribution in [0.1, 0.15) is 36.8 Å². The number of rotatable bonds is 5. The van der Waals surface area contributed by atoms with E-state index in [-0.39, 0.29) is 6.61 Å². The molecule has 1 aliphatic heterocycles. The number of aryl methyl sites for hydroxylation is 1. The standard InChI is InChI=1S/C15H23NO/c17-12-4-5-14-6-8-15(9-7-14)13-16-10-2-1-3-11-16/h6-9,17H,1-5,10-13H2. The molecule has 1 fully saturated rings. The fraction of sp³-hybridized carbons (Fsp3) is 0.600. The molecule has 0 aliphatic carbocycles. The van der Waals surface area contributed by atoms with Crippen molar-refractivity contribution in [1.29, 1.82) is 0 Å². The smallest absolute Gasteiger partial charge is 0.0434 e. The maximum Gasteiger partial charge on any atom is 0.0434 e. The van der Waals surface area contributed by atoms with Crippen molar-refractivity contribution in [2.75, 3.05) is 19.7 Å². The van der Waals surface area contributed by atoms with E-state index in [1.54, 1.807) is 0 Å². The first-order chi connectivity index (χ1) is 8.38. The molecule has 1 saturated heterocycles. The predicted octanol–water partition coefficient (Wildman–Crippen LogP) is 2.60. The van der Waals surface area contributed by atoms with Crippen molar-refractivity contribution in [3.05, 3.63) is 35.4 Å². The topological polar surface area (TPSA) is 23.5 Å². The average Bonchev–Trinajstić information content (AvgIpc) is 2.39. The molecule has 1 heterocycles. The summed E-state index contributed by atoms with van der Waals surface area (Å²) in [6, 6.07) is 8.88. The van der Waals surface area contributed by atoms with E-state index in [1.807, 2.05) is 0 Å². The molecule has 0 atom stereocenters. The molecule has 0 radical (unpaired) electrons. The summed E-state index contributed by atoms with van der Waals surface area (Å²) in [5.74, 6) is 0. The summed E-state index contributed by atoms with van der Waals surface area (Å²) in [6.07, 6.45) is 5.96. The molecule has 0 bridgehead atoms. The minimum Gasteiger partial charge on any atom is -0.396 e. The average molecular weight is 233 g/mol. The van der Waals surface area contributed by atoms with Gasteiger partial charge in [0.2, 0.25) is 0 Å². The molecule has 94 valence electrons. The molecular weight excluding hydrogens is 210 g/mol. The zero-order valence-electron chi connectivity index (χ0n) is 10.6. The number of nitrogens with zero attached hydrogens (tertiary/aromatic N) is 1. The molecule has 0 spiro atoms. The highest BCUT2D eigenvalue weighted by Crippen LogP contribution is 2.14. The fourth-order valence-corrected chi connectivity index (χ4v) is 2.47. The van der Waals surface area contributed by atoms with Gasteiger partial charge in [0.05, 0.1) is 0 Å². The van der Waals surface area contributed by atoms with Gasteiger partial charge >= 0.3 is 0 Å². The van der Waals surface area contributed by atoms with E-state index >= 15 is 0 Å². The van der Waals surface area contributed by atoms with Crippen LogP contribution in [-0.4, -0.2) is 29.7 Å². The molecule has 0 saturated carbocycles. The van der Waals surface area contributed by atoms with Crippen LogP contribution in [0.4, 0.5) is 0 Å². The lowest BCUT2D eigenvalue weighted by atomic mass is 10.1. The maximum atomic E-state index is 8.79. The van der Waals surface area contributed by atoms with Gasteiger partial charge in [-0.1, -0.05) is 30.7 Å². The summed E-state index contributed by atoms with van der Waals surface area (Å²) in [4.78, 5) is 2.55. The highest BCUT2D eigenvalue weighted by molar-refractivity contribution is 5.22. The van der Waals surface area contributed by atoms with Crippen LogP contribution < -0.4 is 0 Å². The molecule has 1 aliphatic rings. The van der Waals surface area contributed by atoms with Gasteiger partial charge in [-0.25, -0.2) is 0 Å². The number of hydrogen-bond donors (Lipinski definition) is 1. The van der Waals surface area contributed by atoms with Crippen molar-refractivity contribution in [2.24, 2.45) is 0 Å². The summed E-state index contributed by atoms with van der Waals surface area (Å²) in [5.41, 5.74) is 2.75. The van der Waals surface area contributed by atoms with Crippen LogP contribution in [0.5, 0.6) is 0 Å². The van der Waals surface area contributed by atoms with Crippen LogP contribution in [0.25, 0.3) is 0 Å². The van der Waals surface area contributed by atoms with E-state index < -0.39 is 0 Å². The van der Waals surface area contributed by atoms with Crippen molar-refractivity contribution in [3.8, 4) is 0 Å². The fourth-order valence-electron chi connectivity index (χ4n) is 2.47. The predicted molar refractivity (Wildman–Crippen MR) is 71.0 cm³/mol. The van der Waals surface area contributed by atoms with Crippen molar-refractivity contribution in [1.82, 2.24) is 4.90 Å². The molecule has 1 aromatic rings. The highest BCUT2D eigenvalue weighted by Gasteiger charge is 2.09. The van der Waals surface area contributed by atoms with E-state index in [9.17, 15) is 0 Å². The summed E-state index contributed by atoms with van der Waals surface area (Å²) in [6.45, 7) is 3.90.